The zero-order valence-electron chi connectivity index (χ0n) is 19.8. The number of furan rings is 1. The van der Waals surface area contributed by atoms with Gasteiger partial charge in [-0.25, -0.2) is 4.98 Å². The van der Waals surface area contributed by atoms with Gasteiger partial charge in [-0.3, -0.25) is 4.79 Å². The second kappa shape index (κ2) is 16.3. The predicted molar refractivity (Wildman–Crippen MR) is 132 cm³/mol. The maximum atomic E-state index is 13.3. The Kier molecular flexibility index (Phi) is 17.8. The predicted octanol–water partition coefficient (Wildman–Crippen LogP) is -3.69. The van der Waals surface area contributed by atoms with Gasteiger partial charge in [-0.15, -0.1) is 0 Å². The van der Waals surface area contributed by atoms with Crippen LogP contribution < -0.4 is 21.9 Å². The van der Waals surface area contributed by atoms with Crippen LogP contribution in [0.2, 0.25) is 0 Å². The molecule has 3 heterocycles. The number of nitrogens with zero attached hydrogens (tertiary/aromatic N) is 1. The van der Waals surface area contributed by atoms with E-state index in [4.69, 9.17) is 13.9 Å². The number of aromatic amines is 2. The molecule has 0 saturated carbocycles. The van der Waals surface area contributed by atoms with Gasteiger partial charge >= 0.3 is 17.1 Å². The summed E-state index contributed by atoms with van der Waals surface area (Å²) in [4.78, 5) is 24.1. The number of phenols is 1. The van der Waals surface area contributed by atoms with E-state index in [0.29, 0.717) is 28.1 Å². The van der Waals surface area contributed by atoms with Gasteiger partial charge in [0.25, 0.3) is 0 Å². The van der Waals surface area contributed by atoms with Crippen molar-refractivity contribution in [2.45, 2.75) is 0 Å². The van der Waals surface area contributed by atoms with Gasteiger partial charge in [-0.1, -0.05) is 12.1 Å². The number of benzene rings is 2. The van der Waals surface area contributed by atoms with E-state index in [1.165, 1.54) is 20.5 Å². The summed E-state index contributed by atoms with van der Waals surface area (Å²) in [6, 6.07) is 11.0. The van der Waals surface area contributed by atoms with Gasteiger partial charge < -0.3 is 74.2 Å². The quantitative estimate of drug-likeness (QED) is 0.133. The molecule has 0 aliphatic rings. The van der Waals surface area contributed by atoms with Crippen LogP contribution in [0.5, 0.6) is 17.2 Å². The van der Waals surface area contributed by atoms with Crippen LogP contribution in [0.15, 0.2) is 53.3 Å². The van der Waals surface area contributed by atoms with Crippen molar-refractivity contribution in [1.29, 1.82) is 0 Å². The molecule has 5 rings (SSSR count). The maximum Gasteiger partial charge on any atom is 2.00 e. The van der Waals surface area contributed by atoms with E-state index < -0.39 is 5.78 Å². The van der Waals surface area contributed by atoms with E-state index in [0.717, 1.165) is 11.0 Å². The SMILES string of the molecule is COc1c(C(=O)c2c[nH]c(-c3nc4ccccc4[nH]3)c2)c(O)c(OC)c2occc12.O.O.O.O.O.O.[Cl-].[Cu+2]. The molecule has 0 bridgehead atoms. The van der Waals surface area contributed by atoms with E-state index in [1.54, 1.807) is 18.3 Å². The smallest absolute Gasteiger partial charge is 1.00 e. The largest absolute Gasteiger partial charge is 2.00 e. The Balaban J connectivity index is -0.000000722. The summed E-state index contributed by atoms with van der Waals surface area (Å²) in [5, 5.41) is 11.3. The Labute approximate surface area is 231 Å². The maximum absolute atomic E-state index is 13.3. The van der Waals surface area contributed by atoms with E-state index in [-0.39, 0.29) is 85.1 Å². The average Bonchev–Trinajstić information content (AvgIpc) is 3.50. The number of nitrogens with one attached hydrogen (secondary N) is 2. The molecule has 215 valence electrons. The van der Waals surface area contributed by atoms with Crippen LogP contribution in [-0.4, -0.2) is 72.9 Å². The third kappa shape index (κ3) is 6.43. The molecule has 14 nitrogen and oxygen atoms in total. The Morgan fingerprint density at radius 1 is 0.974 bits per heavy atom. The monoisotopic (exact) mass is 609 g/mol. The van der Waals surface area contributed by atoms with Crippen LogP contribution in [0.3, 0.4) is 0 Å². The third-order valence-electron chi connectivity index (χ3n) is 5.02. The van der Waals surface area contributed by atoms with Gasteiger partial charge in [-0.05, 0) is 24.3 Å². The first-order valence-corrected chi connectivity index (χ1v) is 9.14. The van der Waals surface area contributed by atoms with Crippen LogP contribution in [0.1, 0.15) is 15.9 Å². The zero-order chi connectivity index (χ0) is 20.8. The summed E-state index contributed by atoms with van der Waals surface area (Å²) < 4.78 is 16.1. The summed E-state index contributed by atoms with van der Waals surface area (Å²) >= 11 is 0. The standard InChI is InChI=1S/C22H17N3O5.ClH.Cu.6H2O/c1-28-19-12-7-8-30-20(12)21(29-2)18(27)16(19)17(26)11-9-15(23-10-11)22-24-13-5-3-4-6-14(13)25-22;;;;;;;;/h3-10,23,27H,1-2H3,(H,24,25);1H;;6*1H2/q;;+2;;;;;;/p-1. The average molecular weight is 610 g/mol. The van der Waals surface area contributed by atoms with Gasteiger partial charge in [0.15, 0.2) is 17.2 Å². The molecular formula is C22H29ClCuN3O11+. The molecule has 5 aromatic rings. The first kappa shape index (κ1) is 41.5. The Morgan fingerprint density at radius 2 is 1.61 bits per heavy atom. The fourth-order valence-corrected chi connectivity index (χ4v) is 3.63. The number of carbonyl (C=O) groups excluding carboxylic acids is 1. The molecule has 0 aliphatic heterocycles. The molecule has 0 atom stereocenters. The van der Waals surface area contributed by atoms with Gasteiger partial charge in [0.1, 0.15) is 11.3 Å². The summed E-state index contributed by atoms with van der Waals surface area (Å²) in [7, 11) is 2.83. The number of ether oxygens (including phenoxy) is 2. The van der Waals surface area contributed by atoms with Crippen LogP contribution in [-0.2, 0) is 17.1 Å². The van der Waals surface area contributed by atoms with Crippen LogP contribution in [0, 0.1) is 0 Å². The van der Waals surface area contributed by atoms with Gasteiger partial charge in [0, 0.05) is 11.8 Å². The minimum absolute atomic E-state index is 0. The van der Waals surface area contributed by atoms with Crippen molar-refractivity contribution in [2.24, 2.45) is 0 Å². The molecule has 3 aromatic heterocycles. The number of imidazole rings is 1. The summed E-state index contributed by atoms with van der Waals surface area (Å²) in [5.74, 6) is 0.132. The summed E-state index contributed by atoms with van der Waals surface area (Å²) in [6.07, 6.45) is 3.01. The number of ketones is 1. The number of carbonyl (C=O) groups is 1. The third-order valence-corrected chi connectivity index (χ3v) is 5.02. The molecule has 0 fully saturated rings. The summed E-state index contributed by atoms with van der Waals surface area (Å²) in [5.41, 5.74) is 3.00. The van der Waals surface area contributed by atoms with E-state index in [2.05, 4.69) is 15.0 Å². The molecular weight excluding hydrogens is 581 g/mol. The van der Waals surface area contributed by atoms with Crippen molar-refractivity contribution in [1.82, 2.24) is 15.0 Å². The summed E-state index contributed by atoms with van der Waals surface area (Å²) in [6.45, 7) is 0. The Hall–Kier alpha value is -3.63. The van der Waals surface area contributed by atoms with Crippen molar-refractivity contribution < 1.29 is 86.1 Å². The minimum Gasteiger partial charge on any atom is -1.00 e. The molecule has 15 N–H and O–H groups in total. The van der Waals surface area contributed by atoms with Gasteiger partial charge in [0.05, 0.1) is 42.6 Å². The fraction of sp³-hybridized carbons (Fsp3) is 0.0909. The topological polar surface area (TPSA) is 302 Å². The number of rotatable bonds is 5. The molecule has 16 heteroatoms. The van der Waals surface area contributed by atoms with Crippen molar-refractivity contribution in [3.8, 4) is 28.8 Å². The number of halogens is 1. The van der Waals surface area contributed by atoms with Gasteiger partial charge in [0.2, 0.25) is 11.5 Å². The first-order valence-electron chi connectivity index (χ1n) is 9.14. The minimum atomic E-state index is -0.427. The Morgan fingerprint density at radius 3 is 2.21 bits per heavy atom. The fourth-order valence-electron chi connectivity index (χ4n) is 3.63. The molecule has 2 aromatic carbocycles. The number of H-pyrrole nitrogens is 2. The molecule has 0 unspecified atom stereocenters. The van der Waals surface area contributed by atoms with E-state index in [1.807, 2.05) is 24.3 Å². The van der Waals surface area contributed by atoms with Gasteiger partial charge in [-0.2, -0.15) is 0 Å². The number of phenolic OH excluding ortho intramolecular Hbond substituents is 1. The molecule has 0 aliphatic carbocycles. The molecule has 1 radical (unpaired) electrons. The molecule has 0 spiro atoms. The number of hydrogen-bond acceptors (Lipinski definition) is 6. The number of hydrogen-bond donors (Lipinski definition) is 3. The number of para-hydroxylation sites is 2. The van der Waals surface area contributed by atoms with Crippen molar-refractivity contribution in [3.63, 3.8) is 0 Å². The number of aromatic nitrogens is 3. The Bertz CT molecular complexity index is 1400. The number of aromatic hydroxyl groups is 1. The molecule has 0 amide bonds. The second-order valence-electron chi connectivity index (χ2n) is 6.69. The van der Waals surface area contributed by atoms with Crippen molar-refractivity contribution >= 4 is 27.8 Å². The zero-order valence-corrected chi connectivity index (χ0v) is 21.5. The van der Waals surface area contributed by atoms with E-state index in [9.17, 15) is 9.90 Å². The molecule has 0 saturated heterocycles. The first-order chi connectivity index (χ1) is 14.6. The van der Waals surface area contributed by atoms with Crippen LogP contribution >= 0.6 is 0 Å². The van der Waals surface area contributed by atoms with Crippen molar-refractivity contribution in [3.05, 3.63) is 60.0 Å². The van der Waals surface area contributed by atoms with Crippen molar-refractivity contribution in [2.75, 3.05) is 14.2 Å². The number of fused-ring (bicyclic) bond motifs is 2. The van der Waals surface area contributed by atoms with E-state index >= 15 is 0 Å². The van der Waals surface area contributed by atoms with Crippen LogP contribution in [0.25, 0.3) is 33.5 Å². The number of methoxy groups -OCH3 is 2. The second-order valence-corrected chi connectivity index (χ2v) is 6.69. The van der Waals surface area contributed by atoms with Crippen LogP contribution in [0.4, 0.5) is 0 Å². The normalized spacial score (nSPS) is 8.89. The molecule has 38 heavy (non-hydrogen) atoms.